The molecule has 5 heterocycles. The molecule has 0 radical (unpaired) electrons. The largest absolute Gasteiger partial charge is 0.399 e. The van der Waals surface area contributed by atoms with Crippen molar-refractivity contribution in [2.75, 3.05) is 39.4 Å². The lowest BCUT2D eigenvalue weighted by molar-refractivity contribution is -0.150. The number of fused-ring (bicyclic) bond motifs is 2. The van der Waals surface area contributed by atoms with Gasteiger partial charge in [0.15, 0.2) is 0 Å². The summed E-state index contributed by atoms with van der Waals surface area (Å²) in [5, 5.41) is 8.04. The van der Waals surface area contributed by atoms with E-state index in [4.69, 9.17) is 9.47 Å². The molecule has 5 atom stereocenters. The Morgan fingerprint density at radius 2 is 1.64 bits per heavy atom. The number of amides is 8. The van der Waals surface area contributed by atoms with Gasteiger partial charge in [0.2, 0.25) is 29.5 Å². The third-order valence-electron chi connectivity index (χ3n) is 14.7. The fourth-order valence-corrected chi connectivity index (χ4v) is 11.7. The lowest BCUT2D eigenvalue weighted by Gasteiger charge is -2.38. The number of ether oxygens (including phenoxy) is 2. The molecule has 0 bridgehead atoms. The van der Waals surface area contributed by atoms with Crippen LogP contribution in [0, 0.1) is 17.3 Å². The van der Waals surface area contributed by atoms with E-state index in [2.05, 4.69) is 27.8 Å². The molecule has 3 saturated heterocycles. The number of benzene rings is 3. The number of morpholine rings is 1. The Kier molecular flexibility index (Phi) is 18.8. The zero-order chi connectivity index (χ0) is 57.5. The molecular weight excluding hydrogens is 1080 g/mol. The van der Waals surface area contributed by atoms with Crippen LogP contribution in [0.3, 0.4) is 0 Å². The van der Waals surface area contributed by atoms with Gasteiger partial charge in [-0.25, -0.2) is 0 Å². The Bertz CT molecular complexity index is 3150. The van der Waals surface area contributed by atoms with Crippen molar-refractivity contribution in [2.24, 2.45) is 5.41 Å². The van der Waals surface area contributed by atoms with Crippen molar-refractivity contribution >= 4 is 76.3 Å². The van der Waals surface area contributed by atoms with Crippen LogP contribution in [0.2, 0.25) is 0 Å². The predicted molar refractivity (Wildman–Crippen MR) is 290 cm³/mol. The summed E-state index contributed by atoms with van der Waals surface area (Å²) in [6.45, 7) is 6.01. The number of unbranched alkanes of at least 4 members (excludes halogenated alkanes) is 7. The van der Waals surface area contributed by atoms with E-state index < -0.39 is 90.0 Å². The van der Waals surface area contributed by atoms with Crippen LogP contribution in [0.5, 0.6) is 0 Å². The number of piperidine rings is 1. The van der Waals surface area contributed by atoms with Gasteiger partial charge in [0.25, 0.3) is 17.7 Å². The van der Waals surface area contributed by atoms with Crippen molar-refractivity contribution < 1.29 is 71.0 Å². The molecule has 5 N–H and O–H groups in total. The van der Waals surface area contributed by atoms with E-state index in [-0.39, 0.29) is 85.3 Å². The first-order valence-corrected chi connectivity index (χ1v) is 29.2. The molecule has 0 saturated carbocycles. The van der Waals surface area contributed by atoms with Crippen molar-refractivity contribution in [3.8, 4) is 11.8 Å². The molecule has 19 nitrogen and oxygen atoms in total. The lowest BCUT2D eigenvalue weighted by atomic mass is 9.85. The van der Waals surface area contributed by atoms with Crippen molar-refractivity contribution in [2.45, 2.75) is 127 Å². The monoisotopic (exact) mass is 1140 g/mol. The Labute approximate surface area is 465 Å². The first-order chi connectivity index (χ1) is 38.0. The lowest BCUT2D eigenvalue weighted by Crippen LogP contribution is -2.58. The normalized spacial score (nSPS) is 20.1. The second kappa shape index (κ2) is 25.4. The highest BCUT2D eigenvalue weighted by Gasteiger charge is 2.51. The maximum Gasteiger partial charge on any atom is 0.399 e. The van der Waals surface area contributed by atoms with Gasteiger partial charge in [-0.2, -0.15) is 8.78 Å². The van der Waals surface area contributed by atoms with E-state index >= 15 is 0 Å². The number of hydrogen-bond donors (Lipinski definition) is 5. The molecule has 426 valence electrons. The molecule has 3 fully saturated rings. The van der Waals surface area contributed by atoms with Gasteiger partial charge in [-0.3, -0.25) is 53.1 Å². The van der Waals surface area contributed by atoms with Crippen LogP contribution in [0.4, 0.5) is 8.78 Å². The molecule has 8 amide bonds. The van der Waals surface area contributed by atoms with Crippen LogP contribution in [0.25, 0.3) is 10.1 Å². The van der Waals surface area contributed by atoms with Crippen molar-refractivity contribution in [3.63, 3.8) is 0 Å². The summed E-state index contributed by atoms with van der Waals surface area (Å²) in [4.78, 5) is 129. The first-order valence-electron chi connectivity index (χ1n) is 26.8. The SMILES string of the molecule is CC(C)(C)C(NC(=O)c1cc2cc(C(F)(F)P(=O)(O)O)ccc2s1)C(=O)N1C[C@@H](OCC(=O)NCCCCCCCCCC#Cc2cccc3c2C(=O)N(C2CCC(=O)NC2=O)C3=O)C[C@H]1C(=O)N1CCO[C@H](c2ccccc2)C1. The second-order valence-electron chi connectivity index (χ2n) is 21.5. The van der Waals surface area contributed by atoms with Crippen molar-refractivity contribution in [1.82, 2.24) is 30.7 Å². The number of thiophene rings is 1. The molecule has 1 aromatic heterocycles. The van der Waals surface area contributed by atoms with Gasteiger partial charge in [-0.1, -0.05) is 107 Å². The van der Waals surface area contributed by atoms with Gasteiger partial charge in [0, 0.05) is 54.7 Å². The van der Waals surface area contributed by atoms with Gasteiger partial charge in [-0.15, -0.1) is 11.3 Å². The van der Waals surface area contributed by atoms with E-state index in [1.54, 1.807) is 37.8 Å². The minimum absolute atomic E-state index is 0.0351. The Morgan fingerprint density at radius 3 is 2.35 bits per heavy atom. The second-order valence-corrected chi connectivity index (χ2v) is 24.2. The fraction of sp³-hybridized carbons (Fsp3) is 0.474. The molecule has 4 aliphatic rings. The number of nitrogens with zero attached hydrogens (tertiary/aromatic N) is 3. The molecule has 3 aromatic carbocycles. The van der Waals surface area contributed by atoms with Crippen LogP contribution < -0.4 is 16.0 Å². The van der Waals surface area contributed by atoms with E-state index in [1.807, 2.05) is 30.3 Å². The van der Waals surface area contributed by atoms with Gasteiger partial charge in [-0.05, 0) is 66.0 Å². The number of likely N-dealkylation sites (tertiary alicyclic amines) is 1. The van der Waals surface area contributed by atoms with E-state index in [9.17, 15) is 61.5 Å². The van der Waals surface area contributed by atoms with Gasteiger partial charge < -0.3 is 39.7 Å². The first kappa shape index (κ1) is 59.4. The van der Waals surface area contributed by atoms with E-state index in [0.29, 0.717) is 23.2 Å². The molecule has 23 heteroatoms. The third-order valence-corrected chi connectivity index (χ3v) is 16.8. The number of rotatable bonds is 20. The topological polar surface area (TPSA) is 258 Å². The highest BCUT2D eigenvalue weighted by atomic mass is 32.1. The summed E-state index contributed by atoms with van der Waals surface area (Å²) >= 11 is 0.943. The zero-order valence-electron chi connectivity index (χ0n) is 44.7. The maximum atomic E-state index is 14.8. The van der Waals surface area contributed by atoms with Crippen LogP contribution >= 0.6 is 18.9 Å². The predicted octanol–water partition coefficient (Wildman–Crippen LogP) is 6.55. The summed E-state index contributed by atoms with van der Waals surface area (Å²) in [7, 11) is -5.85. The van der Waals surface area contributed by atoms with Crippen LogP contribution in [-0.2, 0) is 43.7 Å². The van der Waals surface area contributed by atoms with Crippen molar-refractivity contribution in [3.05, 3.63) is 105 Å². The summed E-state index contributed by atoms with van der Waals surface area (Å²) in [6.07, 6.45) is 5.95. The van der Waals surface area contributed by atoms with Gasteiger partial charge >= 0.3 is 13.3 Å². The van der Waals surface area contributed by atoms with Crippen LogP contribution in [0.15, 0.2) is 72.8 Å². The standard InChI is InChI=1S/C57H65F2N6O13PS/c1-56(2,3)49(62-51(69)45-30-37-29-38(22-24-44(37)80-45)57(58,59)79(74,75)76)55(73)64-32-39(31-42(64)53(71)63-27-28-77-43(33-63)35-17-13-11-14-18-35)78-34-47(67)60-26-15-10-8-6-4-5-7-9-12-19-36-20-16-21-40-48(36)54(72)65(52(40)70)41-23-25-46(66)61-50(41)68/h11,13-14,16-18,20-22,24,29-30,39,41-43,49H,4-10,15,23,25-28,31-34H2,1-3H3,(H,60,67)(H,62,69)(H,61,66,68)(H2,74,75,76)/t39-,41?,42-,43-,49?/m0/s1. The average Bonchev–Trinajstić information content (AvgIpc) is 4.21. The van der Waals surface area contributed by atoms with Crippen LogP contribution in [0.1, 0.15) is 145 Å². The van der Waals surface area contributed by atoms with Gasteiger partial charge in [0.05, 0.1) is 35.3 Å². The van der Waals surface area contributed by atoms with Crippen molar-refractivity contribution in [1.29, 1.82) is 0 Å². The molecule has 0 spiro atoms. The molecule has 2 unspecified atom stereocenters. The third kappa shape index (κ3) is 13.7. The summed E-state index contributed by atoms with van der Waals surface area (Å²) in [5.41, 5.74) is -4.63. The molecule has 80 heavy (non-hydrogen) atoms. The average molecular weight is 1140 g/mol. The molecular formula is C57H65F2N6O13PS. The number of alkyl halides is 2. The molecule has 4 aliphatic heterocycles. The fourth-order valence-electron chi connectivity index (χ4n) is 10.3. The maximum absolute atomic E-state index is 14.8. The Balaban J connectivity index is 0.805. The number of imide groups is 2. The minimum Gasteiger partial charge on any atom is -0.370 e. The highest BCUT2D eigenvalue weighted by molar-refractivity contribution is 7.52. The highest BCUT2D eigenvalue weighted by Crippen LogP contribution is 2.59. The molecule has 8 rings (SSSR count). The zero-order valence-corrected chi connectivity index (χ0v) is 46.4. The van der Waals surface area contributed by atoms with Gasteiger partial charge in [0.1, 0.15) is 30.8 Å². The molecule has 0 aliphatic carbocycles. The summed E-state index contributed by atoms with van der Waals surface area (Å²) < 4.78 is 53.3. The Morgan fingerprint density at radius 1 is 0.912 bits per heavy atom. The number of nitrogens with one attached hydrogen (secondary N) is 3. The Hall–Kier alpha value is -6.73. The smallest absolute Gasteiger partial charge is 0.370 e. The number of halogens is 2. The van der Waals surface area contributed by atoms with E-state index in [1.165, 1.54) is 23.1 Å². The van der Waals surface area contributed by atoms with E-state index in [0.717, 1.165) is 78.9 Å². The number of hydrogen-bond acceptors (Lipinski definition) is 12. The summed E-state index contributed by atoms with van der Waals surface area (Å²) in [5.74, 6) is 1.89. The number of carbonyl (C=O) groups excluding carboxylic acids is 8. The summed E-state index contributed by atoms with van der Waals surface area (Å²) in [6, 6.07) is 15.4. The molecule has 4 aromatic rings. The van der Waals surface area contributed by atoms with Crippen LogP contribution in [-0.4, -0.2) is 135 Å². The minimum atomic E-state index is -5.85. The number of carbonyl (C=O) groups is 8. The quantitative estimate of drug-likeness (QED) is 0.0273.